The zero-order valence-corrected chi connectivity index (χ0v) is 16.1. The highest BCUT2D eigenvalue weighted by atomic mass is 35.5. The lowest BCUT2D eigenvalue weighted by Gasteiger charge is -2.06. The summed E-state index contributed by atoms with van der Waals surface area (Å²) in [7, 11) is 0. The van der Waals surface area contributed by atoms with Crippen LogP contribution in [0.3, 0.4) is 0 Å². The molecule has 0 aliphatic rings. The first-order valence-electron chi connectivity index (χ1n) is 7.66. The Balaban J connectivity index is 1.57. The summed E-state index contributed by atoms with van der Waals surface area (Å²) < 4.78 is 4.97. The maximum Gasteiger partial charge on any atom is 0.338 e. The molecule has 1 amide bonds. The van der Waals surface area contributed by atoms with Gasteiger partial charge in [0.15, 0.2) is 11.7 Å². The van der Waals surface area contributed by atoms with Crippen LogP contribution in [0.1, 0.15) is 10.4 Å². The van der Waals surface area contributed by atoms with E-state index < -0.39 is 18.5 Å². The summed E-state index contributed by atoms with van der Waals surface area (Å²) in [6.45, 7) is -0.456. The zero-order chi connectivity index (χ0) is 19.4. The van der Waals surface area contributed by atoms with Crippen LogP contribution in [-0.2, 0) is 9.53 Å². The standard InChI is InChI=1S/C18H13Cl2N3O3S/c19-12-4-2-1-3-11(12)15-9-27-18(22-15)23-16(24)8-26-17(25)10-5-6-13(20)14(21)7-10/h1-7,9H,8,21H2,(H,22,23,24). The van der Waals surface area contributed by atoms with Gasteiger partial charge in [0.25, 0.3) is 5.91 Å². The van der Waals surface area contributed by atoms with Crippen molar-refractivity contribution in [1.29, 1.82) is 0 Å². The SMILES string of the molecule is Nc1cc(C(=O)OCC(=O)Nc2nc(-c3ccccc3Cl)cs2)ccc1Cl. The van der Waals surface area contributed by atoms with E-state index >= 15 is 0 Å². The Morgan fingerprint density at radius 2 is 1.93 bits per heavy atom. The molecule has 1 heterocycles. The minimum atomic E-state index is -0.676. The third-order valence-corrected chi connectivity index (χ3v) is 4.90. The maximum atomic E-state index is 12.0. The molecule has 6 nitrogen and oxygen atoms in total. The predicted molar refractivity (Wildman–Crippen MR) is 107 cm³/mol. The van der Waals surface area contributed by atoms with Crippen LogP contribution in [0.4, 0.5) is 10.8 Å². The van der Waals surface area contributed by atoms with Crippen LogP contribution in [0.2, 0.25) is 10.0 Å². The number of hydrogen-bond donors (Lipinski definition) is 2. The number of esters is 1. The van der Waals surface area contributed by atoms with Gasteiger partial charge in [-0.1, -0.05) is 41.4 Å². The highest BCUT2D eigenvalue weighted by Gasteiger charge is 2.14. The second-order valence-corrected chi connectivity index (χ2v) is 7.05. The first-order valence-corrected chi connectivity index (χ1v) is 9.30. The van der Waals surface area contributed by atoms with Gasteiger partial charge in [0, 0.05) is 16.0 Å². The summed E-state index contributed by atoms with van der Waals surface area (Å²) in [5, 5.41) is 5.64. The molecule has 1 aromatic heterocycles. The lowest BCUT2D eigenvalue weighted by Crippen LogP contribution is -2.20. The lowest BCUT2D eigenvalue weighted by atomic mass is 10.2. The normalized spacial score (nSPS) is 10.4. The van der Waals surface area contributed by atoms with Crippen LogP contribution in [0.5, 0.6) is 0 Å². The van der Waals surface area contributed by atoms with Crippen molar-refractivity contribution >= 4 is 57.2 Å². The largest absolute Gasteiger partial charge is 0.452 e. The van der Waals surface area contributed by atoms with E-state index in [9.17, 15) is 9.59 Å². The van der Waals surface area contributed by atoms with Crippen LogP contribution < -0.4 is 11.1 Å². The van der Waals surface area contributed by atoms with E-state index in [4.69, 9.17) is 33.7 Å². The summed E-state index contributed by atoms with van der Waals surface area (Å²) in [6, 6.07) is 11.6. The average Bonchev–Trinajstić information content (AvgIpc) is 3.10. The number of carbonyl (C=O) groups is 2. The van der Waals surface area contributed by atoms with Crippen molar-refractivity contribution < 1.29 is 14.3 Å². The molecule has 0 radical (unpaired) electrons. The van der Waals surface area contributed by atoms with E-state index in [-0.39, 0.29) is 11.3 Å². The van der Waals surface area contributed by atoms with E-state index in [1.807, 2.05) is 18.2 Å². The number of thiazole rings is 1. The van der Waals surface area contributed by atoms with Gasteiger partial charge in [-0.25, -0.2) is 9.78 Å². The average molecular weight is 422 g/mol. The van der Waals surface area contributed by atoms with Gasteiger partial charge in [0.1, 0.15) is 0 Å². The Morgan fingerprint density at radius 1 is 1.15 bits per heavy atom. The molecule has 0 aliphatic heterocycles. The monoisotopic (exact) mass is 421 g/mol. The topological polar surface area (TPSA) is 94.3 Å². The number of hydrogen-bond acceptors (Lipinski definition) is 6. The number of anilines is 2. The summed E-state index contributed by atoms with van der Waals surface area (Å²) in [5.74, 6) is -1.19. The molecule has 3 rings (SSSR count). The molecule has 2 aromatic carbocycles. The van der Waals surface area contributed by atoms with E-state index in [2.05, 4.69) is 10.3 Å². The van der Waals surface area contributed by atoms with Crippen LogP contribution in [0.25, 0.3) is 11.3 Å². The van der Waals surface area contributed by atoms with Gasteiger partial charge in [-0.3, -0.25) is 10.1 Å². The van der Waals surface area contributed by atoms with Gasteiger partial charge in [-0.2, -0.15) is 0 Å². The molecule has 0 atom stereocenters. The number of nitrogens with two attached hydrogens (primary N) is 1. The quantitative estimate of drug-likeness (QED) is 0.467. The Morgan fingerprint density at radius 3 is 2.67 bits per heavy atom. The molecule has 0 bridgehead atoms. The number of ether oxygens (including phenoxy) is 1. The number of nitrogen functional groups attached to an aromatic ring is 1. The lowest BCUT2D eigenvalue weighted by molar-refractivity contribution is -0.119. The molecule has 3 aromatic rings. The van der Waals surface area contributed by atoms with Crippen molar-refractivity contribution in [2.45, 2.75) is 0 Å². The Bertz CT molecular complexity index is 1010. The molecular formula is C18H13Cl2N3O3S. The second-order valence-electron chi connectivity index (χ2n) is 5.38. The molecule has 0 fully saturated rings. The summed E-state index contributed by atoms with van der Waals surface area (Å²) in [4.78, 5) is 28.3. The van der Waals surface area contributed by atoms with Crippen LogP contribution >= 0.6 is 34.5 Å². The predicted octanol–water partition coefficient (Wildman–Crippen LogP) is 4.49. The molecule has 0 unspecified atom stereocenters. The van der Waals surface area contributed by atoms with E-state index in [0.29, 0.717) is 20.9 Å². The van der Waals surface area contributed by atoms with Crippen molar-refractivity contribution in [2.75, 3.05) is 17.7 Å². The zero-order valence-electron chi connectivity index (χ0n) is 13.7. The highest BCUT2D eigenvalue weighted by molar-refractivity contribution is 7.14. The van der Waals surface area contributed by atoms with Gasteiger partial charge in [0.05, 0.1) is 22.0 Å². The third-order valence-electron chi connectivity index (χ3n) is 3.47. The summed E-state index contributed by atoms with van der Waals surface area (Å²) >= 11 is 13.2. The van der Waals surface area contributed by atoms with Gasteiger partial charge >= 0.3 is 5.97 Å². The fraction of sp³-hybridized carbons (Fsp3) is 0.0556. The molecule has 0 spiro atoms. The van der Waals surface area contributed by atoms with Crippen molar-refractivity contribution in [3.63, 3.8) is 0 Å². The molecule has 27 heavy (non-hydrogen) atoms. The van der Waals surface area contributed by atoms with Gasteiger partial charge in [-0.05, 0) is 24.3 Å². The third kappa shape index (κ3) is 4.77. The number of benzene rings is 2. The molecule has 9 heteroatoms. The van der Waals surface area contributed by atoms with Crippen molar-refractivity contribution in [3.8, 4) is 11.3 Å². The first kappa shape index (κ1) is 19.2. The van der Waals surface area contributed by atoms with E-state index in [1.54, 1.807) is 11.4 Å². The molecule has 3 N–H and O–H groups in total. The molecular weight excluding hydrogens is 409 g/mol. The Hall–Kier alpha value is -2.61. The fourth-order valence-corrected chi connectivity index (χ4v) is 3.24. The van der Waals surface area contributed by atoms with Crippen molar-refractivity contribution in [3.05, 3.63) is 63.5 Å². The number of carbonyl (C=O) groups excluding carboxylic acids is 2. The van der Waals surface area contributed by atoms with Crippen molar-refractivity contribution in [1.82, 2.24) is 4.98 Å². The van der Waals surface area contributed by atoms with Crippen LogP contribution in [-0.4, -0.2) is 23.5 Å². The number of rotatable bonds is 5. The first-order chi connectivity index (χ1) is 12.9. The number of nitrogens with one attached hydrogen (secondary N) is 1. The molecule has 0 saturated heterocycles. The highest BCUT2D eigenvalue weighted by Crippen LogP contribution is 2.30. The number of halogens is 2. The van der Waals surface area contributed by atoms with Crippen LogP contribution in [0.15, 0.2) is 47.8 Å². The van der Waals surface area contributed by atoms with E-state index in [1.165, 1.54) is 29.5 Å². The number of amides is 1. The van der Waals surface area contributed by atoms with E-state index in [0.717, 1.165) is 5.56 Å². The minimum absolute atomic E-state index is 0.208. The van der Waals surface area contributed by atoms with Gasteiger partial charge in [-0.15, -0.1) is 11.3 Å². The fourth-order valence-electron chi connectivity index (χ4n) is 2.16. The number of aromatic nitrogens is 1. The Labute approximate surface area is 168 Å². The number of nitrogens with zero attached hydrogens (tertiary/aromatic N) is 1. The van der Waals surface area contributed by atoms with Gasteiger partial charge in [0.2, 0.25) is 0 Å². The summed E-state index contributed by atoms with van der Waals surface area (Å²) in [6.07, 6.45) is 0. The minimum Gasteiger partial charge on any atom is -0.452 e. The second kappa shape index (κ2) is 8.39. The van der Waals surface area contributed by atoms with Crippen LogP contribution in [0, 0.1) is 0 Å². The molecule has 0 aliphatic carbocycles. The molecule has 0 saturated carbocycles. The molecule has 138 valence electrons. The Kier molecular flexibility index (Phi) is 5.95. The van der Waals surface area contributed by atoms with Gasteiger partial charge < -0.3 is 10.5 Å². The maximum absolute atomic E-state index is 12.0. The van der Waals surface area contributed by atoms with Crippen molar-refractivity contribution in [2.24, 2.45) is 0 Å². The smallest absolute Gasteiger partial charge is 0.338 e. The summed E-state index contributed by atoms with van der Waals surface area (Å²) in [5.41, 5.74) is 7.52.